The molecule has 3 N–H and O–H groups in total. The molecule has 2 aromatic carbocycles. The maximum absolute atomic E-state index is 12.3. The summed E-state index contributed by atoms with van der Waals surface area (Å²) in [6.45, 7) is 0. The second kappa shape index (κ2) is 5.81. The summed E-state index contributed by atoms with van der Waals surface area (Å²) in [5, 5.41) is 0.364. The molecule has 0 spiro atoms. The molecule has 0 aliphatic carbocycles. The molecular formula is C12H9BrCl2N2O2S. The highest BCUT2D eigenvalue weighted by atomic mass is 79.9. The molecule has 0 bridgehead atoms. The Morgan fingerprint density at radius 2 is 1.80 bits per heavy atom. The highest BCUT2D eigenvalue weighted by Crippen LogP contribution is 2.30. The average Bonchev–Trinajstić information content (AvgIpc) is 2.36. The number of halogens is 3. The summed E-state index contributed by atoms with van der Waals surface area (Å²) in [6, 6.07) is 9.01. The molecule has 0 saturated carbocycles. The summed E-state index contributed by atoms with van der Waals surface area (Å²) in [5.41, 5.74) is 6.39. The van der Waals surface area contributed by atoms with E-state index in [1.807, 2.05) is 0 Å². The molecule has 0 aliphatic heterocycles. The molecule has 20 heavy (non-hydrogen) atoms. The van der Waals surface area contributed by atoms with Crippen LogP contribution in [-0.2, 0) is 10.0 Å². The van der Waals surface area contributed by atoms with Crippen molar-refractivity contribution in [3.8, 4) is 0 Å². The maximum atomic E-state index is 12.3. The summed E-state index contributed by atoms with van der Waals surface area (Å²) < 4.78 is 27.6. The van der Waals surface area contributed by atoms with Crippen LogP contribution in [0, 0.1) is 0 Å². The van der Waals surface area contributed by atoms with Gasteiger partial charge in [0.05, 0.1) is 10.7 Å². The van der Waals surface area contributed by atoms with E-state index in [4.69, 9.17) is 28.9 Å². The molecule has 0 aliphatic rings. The van der Waals surface area contributed by atoms with Crippen LogP contribution in [0.25, 0.3) is 0 Å². The molecule has 0 aromatic heterocycles. The van der Waals surface area contributed by atoms with Crippen molar-refractivity contribution >= 4 is 60.5 Å². The van der Waals surface area contributed by atoms with E-state index < -0.39 is 10.0 Å². The van der Waals surface area contributed by atoms with Gasteiger partial charge in [0.2, 0.25) is 0 Å². The van der Waals surface area contributed by atoms with Crippen LogP contribution in [-0.4, -0.2) is 8.42 Å². The average molecular weight is 396 g/mol. The summed E-state index contributed by atoms with van der Waals surface area (Å²) in [5.74, 6) is 0. The lowest BCUT2D eigenvalue weighted by Crippen LogP contribution is -2.14. The first kappa shape index (κ1) is 15.4. The summed E-state index contributed by atoms with van der Waals surface area (Å²) in [6.07, 6.45) is 0. The minimum Gasteiger partial charge on any atom is -0.399 e. The smallest absolute Gasteiger partial charge is 0.263 e. The van der Waals surface area contributed by atoms with Crippen molar-refractivity contribution in [1.82, 2.24) is 0 Å². The second-order valence-corrected chi connectivity index (χ2v) is 7.27. The Bertz CT molecular complexity index is 766. The summed E-state index contributed by atoms with van der Waals surface area (Å²) in [7, 11) is -3.86. The van der Waals surface area contributed by atoms with Gasteiger partial charge in [-0.1, -0.05) is 23.2 Å². The van der Waals surface area contributed by atoms with Gasteiger partial charge in [0.1, 0.15) is 4.90 Å². The summed E-state index contributed by atoms with van der Waals surface area (Å²) in [4.78, 5) is -0.0963. The number of anilines is 2. The normalized spacial score (nSPS) is 11.3. The molecule has 4 nitrogen and oxygen atoms in total. The van der Waals surface area contributed by atoms with Gasteiger partial charge in [0.15, 0.2) is 0 Å². The molecule has 0 radical (unpaired) electrons. The third kappa shape index (κ3) is 3.38. The molecule has 2 aromatic rings. The Kier molecular flexibility index (Phi) is 4.49. The van der Waals surface area contributed by atoms with E-state index in [0.717, 1.165) is 0 Å². The Morgan fingerprint density at radius 1 is 1.10 bits per heavy atom. The second-order valence-electron chi connectivity index (χ2n) is 3.92. The predicted molar refractivity (Wildman–Crippen MR) is 85.8 cm³/mol. The lowest BCUT2D eigenvalue weighted by molar-refractivity contribution is 0.601. The molecule has 0 atom stereocenters. The van der Waals surface area contributed by atoms with Crippen molar-refractivity contribution in [2.45, 2.75) is 4.90 Å². The van der Waals surface area contributed by atoms with Gasteiger partial charge in [-0.05, 0) is 52.3 Å². The number of rotatable bonds is 3. The SMILES string of the molecule is Nc1ccc(Br)c(NS(=O)(=O)c2cc(Cl)ccc2Cl)c1. The fourth-order valence-corrected chi connectivity index (χ4v) is 3.82. The molecule has 0 heterocycles. The number of sulfonamides is 1. The molecule has 0 fully saturated rings. The van der Waals surface area contributed by atoms with Crippen molar-refractivity contribution in [2.75, 3.05) is 10.5 Å². The molecule has 2 rings (SSSR count). The van der Waals surface area contributed by atoms with E-state index >= 15 is 0 Å². The number of nitrogens with one attached hydrogen (secondary N) is 1. The van der Waals surface area contributed by atoms with Gasteiger partial charge in [-0.3, -0.25) is 4.72 Å². The van der Waals surface area contributed by atoms with E-state index in [2.05, 4.69) is 20.7 Å². The van der Waals surface area contributed by atoms with Crippen LogP contribution in [0.5, 0.6) is 0 Å². The molecule has 106 valence electrons. The van der Waals surface area contributed by atoms with E-state index in [9.17, 15) is 8.42 Å². The zero-order chi connectivity index (χ0) is 14.9. The van der Waals surface area contributed by atoms with Crippen molar-refractivity contribution in [3.05, 3.63) is 50.9 Å². The van der Waals surface area contributed by atoms with Crippen LogP contribution in [0.3, 0.4) is 0 Å². The number of hydrogen-bond donors (Lipinski definition) is 2. The first-order chi connectivity index (χ1) is 9.29. The topological polar surface area (TPSA) is 72.2 Å². The first-order valence-corrected chi connectivity index (χ1v) is 8.36. The molecule has 8 heteroatoms. The first-order valence-electron chi connectivity index (χ1n) is 5.32. The van der Waals surface area contributed by atoms with Gasteiger partial charge in [-0.15, -0.1) is 0 Å². The summed E-state index contributed by atoms with van der Waals surface area (Å²) >= 11 is 15.0. The van der Waals surface area contributed by atoms with Gasteiger partial charge >= 0.3 is 0 Å². The predicted octanol–water partition coefficient (Wildman–Crippen LogP) is 4.14. The number of nitrogen functional groups attached to an aromatic ring is 1. The monoisotopic (exact) mass is 394 g/mol. The Labute approximate surface area is 135 Å². The number of hydrogen-bond acceptors (Lipinski definition) is 3. The Morgan fingerprint density at radius 3 is 2.50 bits per heavy atom. The van der Waals surface area contributed by atoms with Gasteiger partial charge in [0, 0.05) is 15.2 Å². The van der Waals surface area contributed by atoms with E-state index in [-0.39, 0.29) is 14.9 Å². The largest absolute Gasteiger partial charge is 0.399 e. The van der Waals surface area contributed by atoms with Crippen LogP contribution < -0.4 is 10.5 Å². The van der Waals surface area contributed by atoms with E-state index in [0.29, 0.717) is 15.8 Å². The number of benzene rings is 2. The minimum absolute atomic E-state index is 0.0851. The molecule has 0 unspecified atom stereocenters. The number of nitrogens with two attached hydrogens (primary N) is 1. The van der Waals surface area contributed by atoms with Crippen molar-refractivity contribution in [1.29, 1.82) is 0 Å². The Hall–Kier alpha value is -0.950. The third-order valence-corrected chi connectivity index (χ3v) is 5.19. The highest BCUT2D eigenvalue weighted by molar-refractivity contribution is 9.10. The van der Waals surface area contributed by atoms with Crippen molar-refractivity contribution in [3.63, 3.8) is 0 Å². The van der Waals surface area contributed by atoms with Crippen molar-refractivity contribution < 1.29 is 8.42 Å². The Balaban J connectivity index is 2.46. The standard InChI is InChI=1S/C12H9BrCl2N2O2S/c13-9-3-2-8(16)6-11(9)17-20(18,19)12-5-7(14)1-4-10(12)15/h1-6,17H,16H2. The zero-order valence-electron chi connectivity index (χ0n) is 9.90. The lowest BCUT2D eigenvalue weighted by Gasteiger charge is -2.11. The minimum atomic E-state index is -3.86. The van der Waals surface area contributed by atoms with E-state index in [1.54, 1.807) is 12.1 Å². The molecule has 0 amide bonds. The zero-order valence-corrected chi connectivity index (χ0v) is 13.8. The fourth-order valence-electron chi connectivity index (χ4n) is 1.50. The third-order valence-electron chi connectivity index (χ3n) is 2.42. The quantitative estimate of drug-likeness (QED) is 0.767. The van der Waals surface area contributed by atoms with Gasteiger partial charge in [-0.25, -0.2) is 8.42 Å². The highest BCUT2D eigenvalue weighted by Gasteiger charge is 2.19. The fraction of sp³-hybridized carbons (Fsp3) is 0. The maximum Gasteiger partial charge on any atom is 0.263 e. The van der Waals surface area contributed by atoms with Crippen LogP contribution in [0.4, 0.5) is 11.4 Å². The van der Waals surface area contributed by atoms with Gasteiger partial charge in [-0.2, -0.15) is 0 Å². The van der Waals surface area contributed by atoms with Crippen LogP contribution in [0.15, 0.2) is 45.8 Å². The van der Waals surface area contributed by atoms with Crippen molar-refractivity contribution in [2.24, 2.45) is 0 Å². The van der Waals surface area contributed by atoms with Crippen LogP contribution >= 0.6 is 39.1 Å². The lowest BCUT2D eigenvalue weighted by atomic mass is 10.3. The molecular weight excluding hydrogens is 387 g/mol. The molecule has 0 saturated heterocycles. The van der Waals surface area contributed by atoms with E-state index in [1.165, 1.54) is 24.3 Å². The van der Waals surface area contributed by atoms with Crippen LogP contribution in [0.2, 0.25) is 10.0 Å². The van der Waals surface area contributed by atoms with Crippen LogP contribution in [0.1, 0.15) is 0 Å². The van der Waals surface area contributed by atoms with Gasteiger partial charge < -0.3 is 5.73 Å². The van der Waals surface area contributed by atoms with Gasteiger partial charge in [0.25, 0.3) is 10.0 Å².